The number of carboxylic acids is 1. The summed E-state index contributed by atoms with van der Waals surface area (Å²) in [7, 11) is 0. The lowest BCUT2D eigenvalue weighted by atomic mass is 10.1. The average Bonchev–Trinajstić information content (AvgIpc) is 2.46. The van der Waals surface area contributed by atoms with Crippen LogP contribution < -0.4 is 0 Å². The zero-order valence-electron chi connectivity index (χ0n) is 14.1. The molecule has 2 nitrogen and oxygen atoms in total. The van der Waals surface area contributed by atoms with Crippen molar-refractivity contribution in [2.45, 2.75) is 103 Å². The SMILES string of the molecule is CCCCCCCC/C=C/CCCCCCCCC(=O)O. The second kappa shape index (κ2) is 17.3. The van der Waals surface area contributed by atoms with Gasteiger partial charge in [0.25, 0.3) is 0 Å². The minimum atomic E-state index is -0.662. The molecule has 0 fully saturated rings. The zero-order chi connectivity index (χ0) is 15.6. The lowest BCUT2D eigenvalue weighted by Crippen LogP contribution is -1.93. The van der Waals surface area contributed by atoms with Crippen molar-refractivity contribution in [1.82, 2.24) is 0 Å². The Hall–Kier alpha value is -0.790. The van der Waals surface area contributed by atoms with Gasteiger partial charge in [-0.3, -0.25) is 4.79 Å². The van der Waals surface area contributed by atoms with Gasteiger partial charge in [0.15, 0.2) is 0 Å². The summed E-state index contributed by atoms with van der Waals surface area (Å²) in [5, 5.41) is 8.52. The van der Waals surface area contributed by atoms with E-state index in [-0.39, 0.29) is 0 Å². The van der Waals surface area contributed by atoms with Gasteiger partial charge in [-0.25, -0.2) is 0 Å². The summed E-state index contributed by atoms with van der Waals surface area (Å²) in [4.78, 5) is 10.3. The molecule has 0 rings (SSSR count). The van der Waals surface area contributed by atoms with E-state index in [4.69, 9.17) is 5.11 Å². The predicted molar refractivity (Wildman–Crippen MR) is 91.7 cm³/mol. The molecule has 0 aromatic heterocycles. The number of unbranched alkanes of at least 4 members (excludes halogenated alkanes) is 12. The maximum absolute atomic E-state index is 10.3. The number of hydrogen-bond donors (Lipinski definition) is 1. The van der Waals surface area contributed by atoms with Crippen LogP contribution in [0.5, 0.6) is 0 Å². The van der Waals surface area contributed by atoms with Crippen LogP contribution in [0.2, 0.25) is 0 Å². The Morgan fingerprint density at radius 1 is 0.714 bits per heavy atom. The van der Waals surface area contributed by atoms with Crippen LogP contribution in [0.15, 0.2) is 12.2 Å². The van der Waals surface area contributed by atoms with Crippen LogP contribution >= 0.6 is 0 Å². The third-order valence-electron chi connectivity index (χ3n) is 3.90. The maximum atomic E-state index is 10.3. The summed E-state index contributed by atoms with van der Waals surface area (Å²) in [5.74, 6) is -0.662. The second-order valence-electron chi connectivity index (χ2n) is 6.08. The molecule has 0 aliphatic carbocycles. The first kappa shape index (κ1) is 20.2. The van der Waals surface area contributed by atoms with Gasteiger partial charge in [-0.2, -0.15) is 0 Å². The third-order valence-corrected chi connectivity index (χ3v) is 3.90. The highest BCUT2D eigenvalue weighted by Crippen LogP contribution is 2.10. The number of hydrogen-bond acceptors (Lipinski definition) is 1. The van der Waals surface area contributed by atoms with Crippen LogP contribution in [0.3, 0.4) is 0 Å². The van der Waals surface area contributed by atoms with Gasteiger partial charge in [0.2, 0.25) is 0 Å². The van der Waals surface area contributed by atoms with Crippen LogP contribution in [-0.4, -0.2) is 11.1 Å². The van der Waals surface area contributed by atoms with E-state index in [1.807, 2.05) is 0 Å². The monoisotopic (exact) mass is 296 g/mol. The van der Waals surface area contributed by atoms with Crippen molar-refractivity contribution in [3.8, 4) is 0 Å². The molecule has 2 heteroatoms. The van der Waals surface area contributed by atoms with E-state index in [9.17, 15) is 4.79 Å². The summed E-state index contributed by atoms with van der Waals surface area (Å²) < 4.78 is 0. The van der Waals surface area contributed by atoms with Crippen molar-refractivity contribution in [2.24, 2.45) is 0 Å². The topological polar surface area (TPSA) is 37.3 Å². The summed E-state index contributed by atoms with van der Waals surface area (Å²) in [6.45, 7) is 2.26. The largest absolute Gasteiger partial charge is 0.481 e. The summed E-state index contributed by atoms with van der Waals surface area (Å²) in [5.41, 5.74) is 0. The lowest BCUT2D eigenvalue weighted by molar-refractivity contribution is -0.137. The molecule has 0 spiro atoms. The van der Waals surface area contributed by atoms with Crippen LogP contribution in [0.4, 0.5) is 0 Å². The van der Waals surface area contributed by atoms with Gasteiger partial charge in [0.1, 0.15) is 0 Å². The Kier molecular flexibility index (Phi) is 16.6. The molecule has 0 aliphatic heterocycles. The molecule has 0 aromatic rings. The smallest absolute Gasteiger partial charge is 0.303 e. The van der Waals surface area contributed by atoms with Crippen LogP contribution in [-0.2, 0) is 4.79 Å². The number of allylic oxidation sites excluding steroid dienone is 2. The first-order valence-electron chi connectivity index (χ1n) is 9.14. The third kappa shape index (κ3) is 19.2. The molecule has 124 valence electrons. The van der Waals surface area contributed by atoms with E-state index in [1.54, 1.807) is 0 Å². The fraction of sp³-hybridized carbons (Fsp3) is 0.842. The highest BCUT2D eigenvalue weighted by molar-refractivity contribution is 5.66. The van der Waals surface area contributed by atoms with Crippen molar-refractivity contribution in [3.05, 3.63) is 12.2 Å². The standard InChI is InChI=1S/C19H36O2/c1-2-3-4-5-6-7-8-9-10-11-12-13-14-15-16-17-18-19(20)21/h9-10H,2-8,11-18H2,1H3,(H,20,21)/b10-9+. The Morgan fingerprint density at radius 2 is 1.14 bits per heavy atom. The first-order valence-corrected chi connectivity index (χ1v) is 9.14. The quantitative estimate of drug-likeness (QED) is 0.261. The van der Waals surface area contributed by atoms with Crippen LogP contribution in [0.25, 0.3) is 0 Å². The molecule has 0 unspecified atom stereocenters. The molecule has 0 bridgehead atoms. The number of carbonyl (C=O) groups is 1. The van der Waals surface area contributed by atoms with Crippen molar-refractivity contribution in [3.63, 3.8) is 0 Å². The Morgan fingerprint density at radius 3 is 1.62 bits per heavy atom. The van der Waals surface area contributed by atoms with Gasteiger partial charge in [-0.05, 0) is 32.1 Å². The molecular weight excluding hydrogens is 260 g/mol. The number of rotatable bonds is 16. The summed E-state index contributed by atoms with van der Waals surface area (Å²) in [6.07, 6.45) is 22.7. The normalized spacial score (nSPS) is 11.3. The maximum Gasteiger partial charge on any atom is 0.303 e. The van der Waals surface area contributed by atoms with Crippen molar-refractivity contribution >= 4 is 5.97 Å². The minimum absolute atomic E-state index is 0.335. The zero-order valence-corrected chi connectivity index (χ0v) is 14.1. The highest BCUT2D eigenvalue weighted by Gasteiger charge is 1.96. The van der Waals surface area contributed by atoms with Gasteiger partial charge in [0, 0.05) is 6.42 Å². The van der Waals surface area contributed by atoms with Crippen LogP contribution in [0, 0.1) is 0 Å². The predicted octanol–water partition coefficient (Wildman–Crippen LogP) is 6.50. The summed E-state index contributed by atoms with van der Waals surface area (Å²) >= 11 is 0. The van der Waals surface area contributed by atoms with Gasteiger partial charge >= 0.3 is 5.97 Å². The van der Waals surface area contributed by atoms with E-state index >= 15 is 0 Å². The fourth-order valence-electron chi connectivity index (χ4n) is 2.52. The Bertz CT molecular complexity index is 246. The van der Waals surface area contributed by atoms with Crippen molar-refractivity contribution in [2.75, 3.05) is 0 Å². The van der Waals surface area contributed by atoms with Gasteiger partial charge in [0.05, 0.1) is 0 Å². The Balaban J connectivity index is 3.07. The molecule has 1 N–H and O–H groups in total. The number of carboxylic acid groups (broad SMARTS) is 1. The molecule has 0 radical (unpaired) electrons. The second-order valence-corrected chi connectivity index (χ2v) is 6.08. The van der Waals surface area contributed by atoms with E-state index in [0.29, 0.717) is 6.42 Å². The van der Waals surface area contributed by atoms with E-state index in [2.05, 4.69) is 19.1 Å². The lowest BCUT2D eigenvalue weighted by Gasteiger charge is -1.99. The molecule has 0 amide bonds. The molecule has 0 aliphatic rings. The van der Waals surface area contributed by atoms with Crippen molar-refractivity contribution < 1.29 is 9.90 Å². The molecular formula is C19H36O2. The average molecular weight is 296 g/mol. The van der Waals surface area contributed by atoms with Gasteiger partial charge < -0.3 is 5.11 Å². The van der Waals surface area contributed by atoms with Gasteiger partial charge in [-0.15, -0.1) is 0 Å². The number of aliphatic carboxylic acids is 1. The molecule has 0 saturated carbocycles. The minimum Gasteiger partial charge on any atom is -0.481 e. The summed E-state index contributed by atoms with van der Waals surface area (Å²) in [6, 6.07) is 0. The van der Waals surface area contributed by atoms with Gasteiger partial charge in [-0.1, -0.05) is 76.9 Å². The fourth-order valence-corrected chi connectivity index (χ4v) is 2.52. The van der Waals surface area contributed by atoms with Crippen molar-refractivity contribution in [1.29, 1.82) is 0 Å². The van der Waals surface area contributed by atoms with E-state index in [0.717, 1.165) is 12.8 Å². The molecule has 0 saturated heterocycles. The molecule has 0 heterocycles. The Labute approximate surface area is 132 Å². The highest BCUT2D eigenvalue weighted by atomic mass is 16.4. The molecule has 0 atom stereocenters. The van der Waals surface area contributed by atoms with E-state index < -0.39 is 5.97 Å². The first-order chi connectivity index (χ1) is 10.3. The van der Waals surface area contributed by atoms with E-state index in [1.165, 1.54) is 77.0 Å². The van der Waals surface area contributed by atoms with Crippen LogP contribution in [0.1, 0.15) is 103 Å². The molecule has 21 heavy (non-hydrogen) atoms. The molecule has 0 aromatic carbocycles.